The summed E-state index contributed by atoms with van der Waals surface area (Å²) in [5, 5.41) is 0. The molecule has 1 aromatic rings. The predicted octanol–water partition coefficient (Wildman–Crippen LogP) is 2.22. The first-order chi connectivity index (χ1) is 10.8. The third kappa shape index (κ3) is 4.70. The van der Waals surface area contributed by atoms with Crippen LogP contribution in [-0.2, 0) is 14.6 Å². The number of hydrogen-bond acceptors (Lipinski definition) is 4. The van der Waals surface area contributed by atoms with Gasteiger partial charge in [0.25, 0.3) is 5.91 Å². The molecule has 1 atom stereocenters. The largest absolute Gasteiger partial charge is 0.484 e. The van der Waals surface area contributed by atoms with Crippen LogP contribution in [0.4, 0.5) is 0 Å². The first-order valence-electron chi connectivity index (χ1n) is 8.05. The Bertz CT molecular complexity index is 637. The van der Waals surface area contributed by atoms with Crippen molar-refractivity contribution >= 4 is 15.7 Å². The maximum Gasteiger partial charge on any atom is 0.260 e. The van der Waals surface area contributed by atoms with E-state index in [2.05, 4.69) is 13.8 Å². The van der Waals surface area contributed by atoms with Crippen LogP contribution in [0.25, 0.3) is 0 Å². The van der Waals surface area contributed by atoms with E-state index in [0.717, 1.165) is 0 Å². The van der Waals surface area contributed by atoms with Crippen molar-refractivity contribution in [2.24, 2.45) is 0 Å². The van der Waals surface area contributed by atoms with Gasteiger partial charge < -0.3 is 9.64 Å². The predicted molar refractivity (Wildman–Crippen MR) is 90.5 cm³/mol. The number of amides is 1. The van der Waals surface area contributed by atoms with E-state index in [1.165, 1.54) is 5.56 Å². The summed E-state index contributed by atoms with van der Waals surface area (Å²) in [6.45, 7) is 6.53. The monoisotopic (exact) mass is 339 g/mol. The summed E-state index contributed by atoms with van der Waals surface area (Å²) < 4.78 is 28.7. The van der Waals surface area contributed by atoms with Crippen LogP contribution in [0, 0.1) is 0 Å². The molecule has 0 bridgehead atoms. The maximum absolute atomic E-state index is 12.3. The average molecular weight is 339 g/mol. The number of rotatable bonds is 6. The van der Waals surface area contributed by atoms with E-state index in [1.54, 1.807) is 4.90 Å². The second kappa shape index (κ2) is 7.34. The number of benzene rings is 1. The third-order valence-electron chi connectivity index (χ3n) is 4.22. The van der Waals surface area contributed by atoms with Crippen LogP contribution >= 0.6 is 0 Å². The molecule has 1 fully saturated rings. The lowest BCUT2D eigenvalue weighted by molar-refractivity contribution is -0.135. The lowest BCUT2D eigenvalue weighted by atomic mass is 10.0. The van der Waals surface area contributed by atoms with Crippen LogP contribution in [0.3, 0.4) is 0 Å². The molecule has 0 aromatic heterocycles. The summed E-state index contributed by atoms with van der Waals surface area (Å²) in [6.07, 6.45) is 0.519. The zero-order valence-electron chi connectivity index (χ0n) is 14.0. The zero-order valence-corrected chi connectivity index (χ0v) is 14.8. The summed E-state index contributed by atoms with van der Waals surface area (Å²) in [5.74, 6) is 1.17. The fraction of sp³-hybridized carbons (Fsp3) is 0.588. The minimum Gasteiger partial charge on any atom is -0.484 e. The molecule has 1 saturated heterocycles. The van der Waals surface area contributed by atoms with Crippen molar-refractivity contribution < 1.29 is 17.9 Å². The molecule has 1 aliphatic rings. The van der Waals surface area contributed by atoms with E-state index in [0.29, 0.717) is 24.6 Å². The van der Waals surface area contributed by atoms with Gasteiger partial charge in [-0.05, 0) is 37.0 Å². The van der Waals surface area contributed by atoms with Gasteiger partial charge in [0.15, 0.2) is 16.4 Å². The highest BCUT2D eigenvalue weighted by Gasteiger charge is 2.33. The Labute approximate surface area is 138 Å². The van der Waals surface area contributed by atoms with Gasteiger partial charge in [-0.15, -0.1) is 0 Å². The number of carbonyl (C=O) groups is 1. The quantitative estimate of drug-likeness (QED) is 0.797. The Morgan fingerprint density at radius 3 is 2.43 bits per heavy atom. The van der Waals surface area contributed by atoms with Crippen molar-refractivity contribution in [1.29, 1.82) is 0 Å². The van der Waals surface area contributed by atoms with Gasteiger partial charge in [-0.3, -0.25) is 4.79 Å². The molecule has 0 saturated carbocycles. The Hall–Kier alpha value is -1.56. The molecule has 1 aliphatic heterocycles. The molecule has 0 spiro atoms. The zero-order chi connectivity index (χ0) is 17.0. The summed E-state index contributed by atoms with van der Waals surface area (Å²) in [7, 11) is -3.00. The van der Waals surface area contributed by atoms with Crippen LogP contribution in [0.5, 0.6) is 5.75 Å². The molecule has 1 heterocycles. The number of ether oxygens (including phenoxy) is 1. The van der Waals surface area contributed by atoms with Gasteiger partial charge in [0.2, 0.25) is 0 Å². The molecule has 0 radical (unpaired) electrons. The molecule has 1 amide bonds. The number of nitrogens with zero attached hydrogens (tertiary/aromatic N) is 1. The third-order valence-corrected chi connectivity index (χ3v) is 5.97. The lowest BCUT2D eigenvalue weighted by Crippen LogP contribution is -2.43. The van der Waals surface area contributed by atoms with E-state index in [9.17, 15) is 13.2 Å². The molecule has 2 rings (SSSR count). The van der Waals surface area contributed by atoms with Gasteiger partial charge in [-0.2, -0.15) is 0 Å². The van der Waals surface area contributed by atoms with E-state index >= 15 is 0 Å². The Morgan fingerprint density at radius 1 is 1.30 bits per heavy atom. The van der Waals surface area contributed by atoms with E-state index in [1.807, 2.05) is 31.2 Å². The summed E-state index contributed by atoms with van der Waals surface area (Å²) in [5.41, 5.74) is 1.22. The molecular formula is C17H25NO4S. The highest BCUT2D eigenvalue weighted by Crippen LogP contribution is 2.20. The van der Waals surface area contributed by atoms with Gasteiger partial charge >= 0.3 is 0 Å². The fourth-order valence-electron chi connectivity index (χ4n) is 2.84. The Morgan fingerprint density at radius 2 is 1.96 bits per heavy atom. The number of carbonyl (C=O) groups excluding carboxylic acids is 1. The standard InChI is InChI=1S/C17H25NO4S/c1-4-18(15-9-10-23(20,21)12-15)17(19)11-22-16-7-5-14(6-8-16)13(2)3/h5-8,13,15H,4,9-12H2,1-3H3/t15-/m0/s1. The SMILES string of the molecule is CCN(C(=O)COc1ccc(C(C)C)cc1)[C@H]1CCS(=O)(=O)C1. The van der Waals surface area contributed by atoms with E-state index in [4.69, 9.17) is 4.74 Å². The van der Waals surface area contributed by atoms with Crippen molar-refractivity contribution in [3.05, 3.63) is 29.8 Å². The maximum atomic E-state index is 12.3. The lowest BCUT2D eigenvalue weighted by Gasteiger charge is -2.26. The minimum atomic E-state index is -3.00. The highest BCUT2D eigenvalue weighted by molar-refractivity contribution is 7.91. The average Bonchev–Trinajstić information content (AvgIpc) is 2.86. The summed E-state index contributed by atoms with van der Waals surface area (Å²) in [4.78, 5) is 13.9. The Kier molecular flexibility index (Phi) is 5.68. The number of likely N-dealkylation sites (N-methyl/N-ethyl adjacent to an activating group) is 1. The van der Waals surface area contributed by atoms with Crippen molar-refractivity contribution in [3.63, 3.8) is 0 Å². The fourth-order valence-corrected chi connectivity index (χ4v) is 4.57. The molecule has 6 heteroatoms. The molecular weight excluding hydrogens is 314 g/mol. The molecule has 0 aliphatic carbocycles. The normalized spacial score (nSPS) is 19.7. The van der Waals surface area contributed by atoms with Crippen LogP contribution in [0.1, 0.15) is 38.7 Å². The first-order valence-corrected chi connectivity index (χ1v) is 9.87. The molecule has 0 N–H and O–H groups in total. The molecule has 23 heavy (non-hydrogen) atoms. The smallest absolute Gasteiger partial charge is 0.260 e. The van der Waals surface area contributed by atoms with Gasteiger partial charge in [0.05, 0.1) is 11.5 Å². The number of hydrogen-bond donors (Lipinski definition) is 0. The van der Waals surface area contributed by atoms with Crippen LogP contribution < -0.4 is 4.74 Å². The van der Waals surface area contributed by atoms with Crippen LogP contribution in [0.15, 0.2) is 24.3 Å². The van der Waals surface area contributed by atoms with E-state index < -0.39 is 9.84 Å². The van der Waals surface area contributed by atoms with Gasteiger partial charge in [-0.1, -0.05) is 26.0 Å². The van der Waals surface area contributed by atoms with Gasteiger partial charge in [0.1, 0.15) is 5.75 Å². The number of sulfone groups is 1. The molecule has 5 nitrogen and oxygen atoms in total. The highest BCUT2D eigenvalue weighted by atomic mass is 32.2. The second-order valence-electron chi connectivity index (χ2n) is 6.25. The second-order valence-corrected chi connectivity index (χ2v) is 8.48. The van der Waals surface area contributed by atoms with Gasteiger partial charge in [0, 0.05) is 12.6 Å². The van der Waals surface area contributed by atoms with Crippen LogP contribution in [0.2, 0.25) is 0 Å². The first kappa shape index (κ1) is 17.8. The minimum absolute atomic E-state index is 0.0641. The summed E-state index contributed by atoms with van der Waals surface area (Å²) >= 11 is 0. The molecule has 0 unspecified atom stereocenters. The Balaban J connectivity index is 1.92. The van der Waals surface area contributed by atoms with Crippen LogP contribution in [-0.4, -0.2) is 49.9 Å². The molecule has 1 aromatic carbocycles. The topological polar surface area (TPSA) is 63.7 Å². The van der Waals surface area contributed by atoms with Crippen molar-refractivity contribution in [1.82, 2.24) is 4.90 Å². The summed E-state index contributed by atoms with van der Waals surface area (Å²) in [6, 6.07) is 7.49. The van der Waals surface area contributed by atoms with E-state index in [-0.39, 0.29) is 30.1 Å². The molecule has 128 valence electrons. The van der Waals surface area contributed by atoms with Crippen molar-refractivity contribution in [3.8, 4) is 5.75 Å². The van der Waals surface area contributed by atoms with Crippen molar-refractivity contribution in [2.45, 2.75) is 39.2 Å². The van der Waals surface area contributed by atoms with Gasteiger partial charge in [-0.25, -0.2) is 8.42 Å². The van der Waals surface area contributed by atoms with Crippen molar-refractivity contribution in [2.75, 3.05) is 24.7 Å².